The van der Waals surface area contributed by atoms with Crippen molar-refractivity contribution in [1.82, 2.24) is 14.8 Å². The van der Waals surface area contributed by atoms with Gasteiger partial charge in [0.2, 0.25) is 0 Å². The monoisotopic (exact) mass is 380 g/mol. The molecule has 0 aliphatic rings. The fourth-order valence-corrected chi connectivity index (χ4v) is 3.41. The second-order valence-corrected chi connectivity index (χ2v) is 6.90. The van der Waals surface area contributed by atoms with E-state index in [1.807, 2.05) is 60.0 Å². The van der Waals surface area contributed by atoms with Crippen molar-refractivity contribution in [2.24, 2.45) is 5.92 Å². The van der Waals surface area contributed by atoms with Crippen LogP contribution in [0, 0.1) is 17.2 Å². The first-order valence-corrected chi connectivity index (χ1v) is 9.41. The maximum Gasteiger partial charge on any atom is 0.196 e. The highest BCUT2D eigenvalue weighted by atomic mass is 32.2. The zero-order chi connectivity index (χ0) is 19.2. The van der Waals surface area contributed by atoms with E-state index in [0.29, 0.717) is 11.6 Å². The van der Waals surface area contributed by atoms with Crippen LogP contribution < -0.4 is 9.47 Å². The summed E-state index contributed by atoms with van der Waals surface area (Å²) in [5.41, 5.74) is 1.82. The Labute approximate surface area is 162 Å². The van der Waals surface area contributed by atoms with Crippen LogP contribution in [0.2, 0.25) is 0 Å². The summed E-state index contributed by atoms with van der Waals surface area (Å²) in [5, 5.41) is 18.6. The van der Waals surface area contributed by atoms with E-state index in [1.165, 1.54) is 11.8 Å². The average molecular weight is 380 g/mol. The van der Waals surface area contributed by atoms with E-state index in [9.17, 15) is 0 Å². The van der Waals surface area contributed by atoms with Gasteiger partial charge in [-0.1, -0.05) is 23.9 Å². The average Bonchev–Trinajstić information content (AvgIpc) is 3.16. The molecule has 0 aliphatic heterocycles. The van der Waals surface area contributed by atoms with Gasteiger partial charge in [0.15, 0.2) is 11.0 Å². The molecule has 3 rings (SSSR count). The predicted octanol–water partition coefficient (Wildman–Crippen LogP) is 4.20. The van der Waals surface area contributed by atoms with Crippen molar-refractivity contribution in [3.05, 3.63) is 48.5 Å². The first-order chi connectivity index (χ1) is 13.2. The molecule has 0 radical (unpaired) electrons. The quantitative estimate of drug-likeness (QED) is 0.572. The molecule has 0 aliphatic carbocycles. The largest absolute Gasteiger partial charge is 0.497 e. The Morgan fingerprint density at radius 3 is 2.48 bits per heavy atom. The highest BCUT2D eigenvalue weighted by Crippen LogP contribution is 2.31. The number of rotatable bonds is 7. The number of hydrogen-bond donors (Lipinski definition) is 0. The second-order valence-electron chi connectivity index (χ2n) is 5.91. The standard InChI is InChI=1S/C20H20N4O2S/c1-14(12-21)13-27-20-23-22-19(15-5-4-6-18(11-15)26-3)24(20)16-7-9-17(25-2)10-8-16/h4-11,14H,13H2,1-3H3. The Morgan fingerprint density at radius 2 is 1.81 bits per heavy atom. The van der Waals surface area contributed by atoms with Gasteiger partial charge in [0.05, 0.1) is 26.2 Å². The molecular formula is C20H20N4O2S. The van der Waals surface area contributed by atoms with Crippen LogP contribution in [0.1, 0.15) is 6.92 Å². The van der Waals surface area contributed by atoms with Crippen LogP contribution >= 0.6 is 11.8 Å². The van der Waals surface area contributed by atoms with Gasteiger partial charge in [0, 0.05) is 17.0 Å². The lowest BCUT2D eigenvalue weighted by Crippen LogP contribution is -2.02. The van der Waals surface area contributed by atoms with Crippen LogP contribution in [0.4, 0.5) is 0 Å². The summed E-state index contributed by atoms with van der Waals surface area (Å²) < 4.78 is 12.6. The van der Waals surface area contributed by atoms with E-state index in [4.69, 9.17) is 14.7 Å². The molecule has 1 heterocycles. The Kier molecular flexibility index (Phi) is 5.99. The van der Waals surface area contributed by atoms with E-state index in [0.717, 1.165) is 27.9 Å². The van der Waals surface area contributed by atoms with Crippen molar-refractivity contribution < 1.29 is 9.47 Å². The van der Waals surface area contributed by atoms with Crippen LogP contribution in [-0.2, 0) is 0 Å². The van der Waals surface area contributed by atoms with Crippen molar-refractivity contribution in [1.29, 1.82) is 5.26 Å². The SMILES string of the molecule is COc1ccc(-n2c(SCC(C)C#N)nnc2-c2cccc(OC)c2)cc1. The predicted molar refractivity (Wildman–Crippen MR) is 105 cm³/mol. The van der Waals surface area contributed by atoms with Gasteiger partial charge in [0.25, 0.3) is 0 Å². The van der Waals surface area contributed by atoms with E-state index < -0.39 is 0 Å². The second kappa shape index (κ2) is 8.60. The summed E-state index contributed by atoms with van der Waals surface area (Å²) in [4.78, 5) is 0. The molecule has 3 aromatic rings. The molecule has 0 bridgehead atoms. The first-order valence-electron chi connectivity index (χ1n) is 8.43. The zero-order valence-corrected chi connectivity index (χ0v) is 16.2. The molecule has 0 N–H and O–H groups in total. The highest BCUT2D eigenvalue weighted by Gasteiger charge is 2.17. The fourth-order valence-electron chi connectivity index (χ4n) is 2.51. The minimum absolute atomic E-state index is 0.0729. The molecule has 1 unspecified atom stereocenters. The zero-order valence-electron chi connectivity index (χ0n) is 15.4. The molecular weight excluding hydrogens is 360 g/mol. The Bertz CT molecular complexity index is 947. The summed E-state index contributed by atoms with van der Waals surface area (Å²) >= 11 is 1.51. The number of nitriles is 1. The van der Waals surface area contributed by atoms with Gasteiger partial charge in [-0.25, -0.2) is 0 Å². The number of nitrogens with zero attached hydrogens (tertiary/aromatic N) is 4. The third kappa shape index (κ3) is 4.23. The van der Waals surface area contributed by atoms with Crippen molar-refractivity contribution in [2.75, 3.05) is 20.0 Å². The lowest BCUT2D eigenvalue weighted by atomic mass is 10.2. The lowest BCUT2D eigenvalue weighted by molar-refractivity contribution is 0.414. The molecule has 0 saturated heterocycles. The third-order valence-electron chi connectivity index (χ3n) is 3.97. The fraction of sp³-hybridized carbons (Fsp3) is 0.250. The molecule has 1 atom stereocenters. The molecule has 27 heavy (non-hydrogen) atoms. The van der Waals surface area contributed by atoms with Crippen LogP contribution in [0.25, 0.3) is 17.1 Å². The number of hydrogen-bond acceptors (Lipinski definition) is 6. The van der Waals surface area contributed by atoms with Crippen LogP contribution in [0.3, 0.4) is 0 Å². The van der Waals surface area contributed by atoms with E-state index in [-0.39, 0.29) is 5.92 Å². The minimum Gasteiger partial charge on any atom is -0.497 e. The summed E-state index contributed by atoms with van der Waals surface area (Å²) in [6.45, 7) is 1.89. The third-order valence-corrected chi connectivity index (χ3v) is 5.16. The Hall–Kier alpha value is -2.98. The van der Waals surface area contributed by atoms with Crippen molar-refractivity contribution >= 4 is 11.8 Å². The molecule has 0 spiro atoms. The normalized spacial score (nSPS) is 11.6. The number of ether oxygens (including phenoxy) is 2. The summed E-state index contributed by atoms with van der Waals surface area (Å²) in [6.07, 6.45) is 0. The molecule has 2 aromatic carbocycles. The molecule has 0 saturated carbocycles. The van der Waals surface area contributed by atoms with Crippen molar-refractivity contribution in [3.63, 3.8) is 0 Å². The van der Waals surface area contributed by atoms with Gasteiger partial charge < -0.3 is 9.47 Å². The number of benzene rings is 2. The van der Waals surface area contributed by atoms with Crippen LogP contribution in [0.5, 0.6) is 11.5 Å². The van der Waals surface area contributed by atoms with Gasteiger partial charge in [-0.05, 0) is 43.3 Å². The number of aromatic nitrogens is 3. The van der Waals surface area contributed by atoms with Crippen molar-refractivity contribution in [2.45, 2.75) is 12.1 Å². The maximum absolute atomic E-state index is 9.06. The molecule has 0 fully saturated rings. The van der Waals surface area contributed by atoms with Crippen molar-refractivity contribution in [3.8, 4) is 34.6 Å². The van der Waals surface area contributed by atoms with E-state index in [1.54, 1.807) is 14.2 Å². The van der Waals surface area contributed by atoms with Gasteiger partial charge >= 0.3 is 0 Å². The van der Waals surface area contributed by atoms with Gasteiger partial charge in [-0.15, -0.1) is 10.2 Å². The minimum atomic E-state index is -0.0729. The molecule has 138 valence electrons. The lowest BCUT2D eigenvalue weighted by Gasteiger charge is -2.12. The van der Waals surface area contributed by atoms with E-state index >= 15 is 0 Å². The number of thioether (sulfide) groups is 1. The Balaban J connectivity index is 2.07. The molecule has 0 amide bonds. The van der Waals surface area contributed by atoms with Gasteiger partial charge in [-0.2, -0.15) is 5.26 Å². The summed E-state index contributed by atoms with van der Waals surface area (Å²) in [7, 11) is 3.28. The maximum atomic E-state index is 9.06. The first kappa shape index (κ1) is 18.8. The highest BCUT2D eigenvalue weighted by molar-refractivity contribution is 7.99. The molecule has 6 nitrogen and oxygen atoms in total. The molecule has 1 aromatic heterocycles. The Morgan fingerprint density at radius 1 is 1.07 bits per heavy atom. The van der Waals surface area contributed by atoms with Gasteiger partial charge in [-0.3, -0.25) is 4.57 Å². The van der Waals surface area contributed by atoms with E-state index in [2.05, 4.69) is 16.3 Å². The van der Waals surface area contributed by atoms with Crippen LogP contribution in [0.15, 0.2) is 53.7 Å². The number of methoxy groups -OCH3 is 2. The summed E-state index contributed by atoms with van der Waals surface area (Å²) in [6, 6.07) is 17.7. The summed E-state index contributed by atoms with van der Waals surface area (Å²) in [5.74, 6) is 2.82. The van der Waals surface area contributed by atoms with Gasteiger partial charge in [0.1, 0.15) is 11.5 Å². The topological polar surface area (TPSA) is 73.0 Å². The van der Waals surface area contributed by atoms with Crippen LogP contribution in [-0.4, -0.2) is 34.7 Å². The smallest absolute Gasteiger partial charge is 0.196 e. The molecule has 7 heteroatoms.